The molecule has 0 bridgehead atoms. The molecule has 0 aliphatic carbocycles. The van der Waals surface area contributed by atoms with Gasteiger partial charge in [-0.2, -0.15) is 0 Å². The van der Waals surface area contributed by atoms with Crippen molar-refractivity contribution in [1.82, 2.24) is 4.90 Å². The van der Waals surface area contributed by atoms with Crippen molar-refractivity contribution in [2.45, 2.75) is 6.10 Å². The standard InChI is InChI=1S/C7H13NO/c1-3-7-6-8(2)4-5-9-7/h3,7H,1,4-6H2,2H3/t7-/m1/s1. The van der Waals surface area contributed by atoms with E-state index >= 15 is 0 Å². The highest BCUT2D eigenvalue weighted by molar-refractivity contribution is 4.84. The molecule has 1 aliphatic heterocycles. The molecule has 0 saturated carbocycles. The molecule has 2 nitrogen and oxygen atoms in total. The van der Waals surface area contributed by atoms with E-state index in [1.54, 1.807) is 0 Å². The Morgan fingerprint density at radius 1 is 1.78 bits per heavy atom. The molecule has 52 valence electrons. The average Bonchev–Trinajstić information content (AvgIpc) is 1.88. The summed E-state index contributed by atoms with van der Waals surface area (Å²) in [6.45, 7) is 6.54. The lowest BCUT2D eigenvalue weighted by Crippen LogP contribution is -2.38. The van der Waals surface area contributed by atoms with Gasteiger partial charge in [-0.25, -0.2) is 0 Å². The largest absolute Gasteiger partial charge is 0.371 e. The second-order valence-electron chi connectivity index (χ2n) is 2.41. The van der Waals surface area contributed by atoms with Gasteiger partial charge in [-0.1, -0.05) is 6.08 Å². The van der Waals surface area contributed by atoms with Crippen LogP contribution in [0.2, 0.25) is 0 Å². The lowest BCUT2D eigenvalue weighted by atomic mass is 10.3. The van der Waals surface area contributed by atoms with Gasteiger partial charge in [0.15, 0.2) is 0 Å². The first-order chi connectivity index (χ1) is 4.33. The Morgan fingerprint density at radius 3 is 3.00 bits per heavy atom. The van der Waals surface area contributed by atoms with E-state index in [0.717, 1.165) is 19.7 Å². The third-order valence-corrected chi connectivity index (χ3v) is 1.56. The molecule has 0 radical (unpaired) electrons. The third-order valence-electron chi connectivity index (χ3n) is 1.56. The summed E-state index contributed by atoms with van der Waals surface area (Å²) in [7, 11) is 2.10. The molecule has 1 atom stereocenters. The fourth-order valence-electron chi connectivity index (χ4n) is 0.954. The maximum Gasteiger partial charge on any atom is 0.0880 e. The van der Waals surface area contributed by atoms with Crippen molar-refractivity contribution in [2.75, 3.05) is 26.7 Å². The molecule has 0 aromatic heterocycles. The SMILES string of the molecule is C=C[C@@H]1CN(C)CCO1. The molecule has 1 saturated heterocycles. The molecule has 9 heavy (non-hydrogen) atoms. The molecule has 0 amide bonds. The van der Waals surface area contributed by atoms with E-state index in [-0.39, 0.29) is 6.10 Å². The van der Waals surface area contributed by atoms with Crippen molar-refractivity contribution in [2.24, 2.45) is 0 Å². The molecule has 2 heteroatoms. The van der Waals surface area contributed by atoms with Crippen LogP contribution in [0.5, 0.6) is 0 Å². The predicted molar refractivity (Wildman–Crippen MR) is 37.4 cm³/mol. The number of hydrogen-bond acceptors (Lipinski definition) is 2. The number of likely N-dealkylation sites (N-methyl/N-ethyl adjacent to an activating group) is 1. The zero-order valence-corrected chi connectivity index (χ0v) is 5.84. The summed E-state index contributed by atoms with van der Waals surface area (Å²) < 4.78 is 5.34. The summed E-state index contributed by atoms with van der Waals surface area (Å²) in [6, 6.07) is 0. The first kappa shape index (κ1) is 6.78. The van der Waals surface area contributed by atoms with E-state index in [1.807, 2.05) is 6.08 Å². The van der Waals surface area contributed by atoms with Crippen LogP contribution in [0.4, 0.5) is 0 Å². The normalized spacial score (nSPS) is 30.1. The van der Waals surface area contributed by atoms with Gasteiger partial charge < -0.3 is 9.64 Å². The van der Waals surface area contributed by atoms with Gasteiger partial charge in [0.2, 0.25) is 0 Å². The van der Waals surface area contributed by atoms with E-state index in [0.29, 0.717) is 0 Å². The quantitative estimate of drug-likeness (QED) is 0.476. The van der Waals surface area contributed by atoms with E-state index in [4.69, 9.17) is 4.74 Å². The third kappa shape index (κ3) is 1.80. The monoisotopic (exact) mass is 127 g/mol. The van der Waals surface area contributed by atoms with E-state index in [2.05, 4.69) is 18.5 Å². The molecule has 1 heterocycles. The maximum absolute atomic E-state index is 5.34. The Bertz CT molecular complexity index is 103. The molecule has 0 spiro atoms. The molecule has 0 aromatic rings. The summed E-state index contributed by atoms with van der Waals surface area (Å²) in [5, 5.41) is 0. The number of rotatable bonds is 1. The maximum atomic E-state index is 5.34. The molecule has 1 aliphatic rings. The Morgan fingerprint density at radius 2 is 2.56 bits per heavy atom. The topological polar surface area (TPSA) is 12.5 Å². The minimum Gasteiger partial charge on any atom is -0.371 e. The van der Waals surface area contributed by atoms with Gasteiger partial charge in [-0.3, -0.25) is 0 Å². The minimum absolute atomic E-state index is 0.253. The van der Waals surface area contributed by atoms with Gasteiger partial charge in [0.1, 0.15) is 0 Å². The molecule has 0 unspecified atom stereocenters. The van der Waals surface area contributed by atoms with Crippen molar-refractivity contribution in [3.8, 4) is 0 Å². The molecular formula is C7H13NO. The summed E-state index contributed by atoms with van der Waals surface area (Å²) in [6.07, 6.45) is 2.11. The highest BCUT2D eigenvalue weighted by atomic mass is 16.5. The van der Waals surface area contributed by atoms with Crippen LogP contribution >= 0.6 is 0 Å². The Balaban J connectivity index is 2.31. The zero-order chi connectivity index (χ0) is 6.69. The lowest BCUT2D eigenvalue weighted by Gasteiger charge is -2.27. The Hall–Kier alpha value is -0.340. The summed E-state index contributed by atoms with van der Waals surface area (Å²) in [5.41, 5.74) is 0. The van der Waals surface area contributed by atoms with Crippen LogP contribution in [0.3, 0.4) is 0 Å². The minimum atomic E-state index is 0.253. The molecule has 1 rings (SSSR count). The number of ether oxygens (including phenoxy) is 1. The van der Waals surface area contributed by atoms with Crippen LogP contribution in [-0.4, -0.2) is 37.7 Å². The second-order valence-corrected chi connectivity index (χ2v) is 2.41. The van der Waals surface area contributed by atoms with Gasteiger partial charge in [-0.05, 0) is 7.05 Å². The smallest absolute Gasteiger partial charge is 0.0880 e. The summed E-state index contributed by atoms with van der Waals surface area (Å²) in [5.74, 6) is 0. The van der Waals surface area contributed by atoms with Crippen LogP contribution in [0.25, 0.3) is 0 Å². The molecule has 0 N–H and O–H groups in total. The van der Waals surface area contributed by atoms with Crippen molar-refractivity contribution >= 4 is 0 Å². The van der Waals surface area contributed by atoms with E-state index in [9.17, 15) is 0 Å². The predicted octanol–water partition coefficient (Wildman–Crippen LogP) is 0.503. The van der Waals surface area contributed by atoms with Gasteiger partial charge in [-0.15, -0.1) is 6.58 Å². The summed E-state index contributed by atoms with van der Waals surface area (Å²) in [4.78, 5) is 2.25. The van der Waals surface area contributed by atoms with Gasteiger partial charge in [0.05, 0.1) is 12.7 Å². The molecule has 0 aromatic carbocycles. The van der Waals surface area contributed by atoms with Crippen LogP contribution in [0.1, 0.15) is 0 Å². The van der Waals surface area contributed by atoms with Crippen LogP contribution in [0.15, 0.2) is 12.7 Å². The number of nitrogens with zero attached hydrogens (tertiary/aromatic N) is 1. The van der Waals surface area contributed by atoms with Crippen LogP contribution < -0.4 is 0 Å². The highest BCUT2D eigenvalue weighted by Crippen LogP contribution is 2.02. The number of morpholine rings is 1. The van der Waals surface area contributed by atoms with Crippen molar-refractivity contribution in [1.29, 1.82) is 0 Å². The first-order valence-corrected chi connectivity index (χ1v) is 3.25. The van der Waals surface area contributed by atoms with Crippen molar-refractivity contribution in [3.63, 3.8) is 0 Å². The van der Waals surface area contributed by atoms with Gasteiger partial charge in [0.25, 0.3) is 0 Å². The second kappa shape index (κ2) is 2.99. The molecular weight excluding hydrogens is 114 g/mol. The Kier molecular flexibility index (Phi) is 2.25. The fourth-order valence-corrected chi connectivity index (χ4v) is 0.954. The average molecular weight is 127 g/mol. The Labute approximate surface area is 56.1 Å². The van der Waals surface area contributed by atoms with E-state index < -0.39 is 0 Å². The van der Waals surface area contributed by atoms with Gasteiger partial charge >= 0.3 is 0 Å². The zero-order valence-electron chi connectivity index (χ0n) is 5.84. The van der Waals surface area contributed by atoms with Crippen molar-refractivity contribution in [3.05, 3.63) is 12.7 Å². The van der Waals surface area contributed by atoms with Gasteiger partial charge in [0, 0.05) is 13.1 Å². The number of hydrogen-bond donors (Lipinski definition) is 0. The van der Waals surface area contributed by atoms with Crippen LogP contribution in [0, 0.1) is 0 Å². The first-order valence-electron chi connectivity index (χ1n) is 3.25. The highest BCUT2D eigenvalue weighted by Gasteiger charge is 2.13. The molecule has 1 fully saturated rings. The lowest BCUT2D eigenvalue weighted by molar-refractivity contribution is 0.00716. The van der Waals surface area contributed by atoms with Crippen molar-refractivity contribution < 1.29 is 4.74 Å². The summed E-state index contributed by atoms with van der Waals surface area (Å²) >= 11 is 0. The van der Waals surface area contributed by atoms with E-state index in [1.165, 1.54) is 0 Å². The fraction of sp³-hybridized carbons (Fsp3) is 0.714. The van der Waals surface area contributed by atoms with Crippen LogP contribution in [-0.2, 0) is 4.74 Å².